The van der Waals surface area contributed by atoms with Crippen LogP contribution in [0.5, 0.6) is 0 Å². The zero-order valence-corrected chi connectivity index (χ0v) is 10.7. The fourth-order valence-electron chi connectivity index (χ4n) is 1.08. The van der Waals surface area contributed by atoms with Crippen molar-refractivity contribution >= 4 is 11.6 Å². The first kappa shape index (κ1) is 18.9. The number of unbranched alkanes of at least 4 members (excludes halogenated alkanes) is 2. The highest BCUT2D eigenvalue weighted by Gasteiger charge is 2.08. The third kappa shape index (κ3) is 7.79. The van der Waals surface area contributed by atoms with Crippen molar-refractivity contribution in [2.24, 2.45) is 0 Å². The topological polar surface area (TPSA) is 67.5 Å². The Morgan fingerprint density at radius 1 is 1.11 bits per heavy atom. The van der Waals surface area contributed by atoms with Crippen LogP contribution in [0.1, 0.15) is 68.6 Å². The lowest BCUT2D eigenvalue weighted by Crippen LogP contribution is -1.89. The predicted octanol–water partition coefficient (Wildman–Crippen LogP) is 3.49. The SMILES string of the molecule is C.CC(=O)c1ccc(C(C)=O)o1.CCCCCO. The molecule has 1 aromatic heterocycles. The Balaban J connectivity index is 0. The maximum absolute atomic E-state index is 10.7. The van der Waals surface area contributed by atoms with Crippen LogP contribution in [0.4, 0.5) is 0 Å². The molecule has 4 nitrogen and oxygen atoms in total. The van der Waals surface area contributed by atoms with Gasteiger partial charge in [0, 0.05) is 20.5 Å². The summed E-state index contributed by atoms with van der Waals surface area (Å²) >= 11 is 0. The van der Waals surface area contributed by atoms with Gasteiger partial charge in [0.2, 0.25) is 0 Å². The Hall–Kier alpha value is -1.42. The number of furan rings is 1. The zero-order chi connectivity index (χ0) is 13.3. The molecule has 1 aromatic rings. The van der Waals surface area contributed by atoms with Crippen LogP contribution >= 0.6 is 0 Å². The van der Waals surface area contributed by atoms with Crippen molar-refractivity contribution in [3.05, 3.63) is 23.7 Å². The van der Waals surface area contributed by atoms with Gasteiger partial charge in [0.15, 0.2) is 23.1 Å². The normalized spacial score (nSPS) is 8.89. The molecular formula is C14H24O4. The molecule has 18 heavy (non-hydrogen) atoms. The third-order valence-corrected chi connectivity index (χ3v) is 2.06. The van der Waals surface area contributed by atoms with Gasteiger partial charge in [-0.3, -0.25) is 9.59 Å². The van der Waals surface area contributed by atoms with E-state index in [1.807, 2.05) is 0 Å². The summed E-state index contributed by atoms with van der Waals surface area (Å²) < 4.78 is 4.91. The monoisotopic (exact) mass is 256 g/mol. The van der Waals surface area contributed by atoms with Crippen LogP contribution in [0.3, 0.4) is 0 Å². The number of Topliss-reactive ketones (excluding diaryl/α,β-unsaturated/α-hetero) is 2. The first-order chi connectivity index (χ1) is 8.02. The van der Waals surface area contributed by atoms with E-state index in [-0.39, 0.29) is 30.5 Å². The smallest absolute Gasteiger partial charge is 0.194 e. The van der Waals surface area contributed by atoms with Crippen molar-refractivity contribution in [1.82, 2.24) is 0 Å². The van der Waals surface area contributed by atoms with E-state index in [2.05, 4.69) is 6.92 Å². The molecule has 0 fully saturated rings. The number of carbonyl (C=O) groups excluding carboxylic acids is 2. The fraction of sp³-hybridized carbons (Fsp3) is 0.571. The Labute approximate surface area is 109 Å². The highest BCUT2D eigenvalue weighted by Crippen LogP contribution is 2.08. The van der Waals surface area contributed by atoms with Crippen LogP contribution in [0.2, 0.25) is 0 Å². The van der Waals surface area contributed by atoms with Crippen LogP contribution in [-0.4, -0.2) is 23.3 Å². The Kier molecular flexibility index (Phi) is 11.3. The van der Waals surface area contributed by atoms with Crippen LogP contribution < -0.4 is 0 Å². The number of aliphatic hydroxyl groups is 1. The van der Waals surface area contributed by atoms with Gasteiger partial charge in [-0.2, -0.15) is 0 Å². The van der Waals surface area contributed by atoms with E-state index >= 15 is 0 Å². The lowest BCUT2D eigenvalue weighted by atomic mass is 10.3. The van der Waals surface area contributed by atoms with Crippen molar-refractivity contribution in [3.63, 3.8) is 0 Å². The van der Waals surface area contributed by atoms with Crippen LogP contribution in [0.15, 0.2) is 16.5 Å². The van der Waals surface area contributed by atoms with E-state index in [0.29, 0.717) is 6.61 Å². The summed E-state index contributed by atoms with van der Waals surface area (Å²) in [7, 11) is 0. The van der Waals surface area contributed by atoms with Gasteiger partial charge in [0.1, 0.15) is 0 Å². The minimum absolute atomic E-state index is 0. The van der Waals surface area contributed by atoms with Gasteiger partial charge in [-0.15, -0.1) is 0 Å². The molecule has 0 aliphatic rings. The van der Waals surface area contributed by atoms with Crippen molar-refractivity contribution in [1.29, 1.82) is 0 Å². The van der Waals surface area contributed by atoms with Gasteiger partial charge in [-0.05, 0) is 18.6 Å². The molecule has 0 radical (unpaired) electrons. The van der Waals surface area contributed by atoms with E-state index in [4.69, 9.17) is 9.52 Å². The van der Waals surface area contributed by atoms with Gasteiger partial charge >= 0.3 is 0 Å². The minimum Gasteiger partial charge on any atom is -0.450 e. The number of rotatable bonds is 5. The van der Waals surface area contributed by atoms with Crippen molar-refractivity contribution < 1.29 is 19.1 Å². The number of carbonyl (C=O) groups is 2. The fourth-order valence-corrected chi connectivity index (χ4v) is 1.08. The summed E-state index contributed by atoms with van der Waals surface area (Å²) in [6.45, 7) is 5.26. The first-order valence-corrected chi connectivity index (χ1v) is 5.75. The van der Waals surface area contributed by atoms with Crippen molar-refractivity contribution in [3.8, 4) is 0 Å². The molecule has 0 unspecified atom stereocenters. The number of hydrogen-bond acceptors (Lipinski definition) is 4. The molecule has 0 bridgehead atoms. The average molecular weight is 256 g/mol. The molecule has 0 saturated heterocycles. The van der Waals surface area contributed by atoms with E-state index in [9.17, 15) is 9.59 Å². The predicted molar refractivity (Wildman–Crippen MR) is 72.1 cm³/mol. The molecule has 0 amide bonds. The summed E-state index contributed by atoms with van der Waals surface area (Å²) in [4.78, 5) is 21.4. The molecule has 0 aromatic carbocycles. The highest BCUT2D eigenvalue weighted by molar-refractivity contribution is 5.95. The molecule has 1 heterocycles. The summed E-state index contributed by atoms with van der Waals surface area (Å²) in [5, 5.41) is 8.20. The van der Waals surface area contributed by atoms with E-state index in [1.54, 1.807) is 0 Å². The lowest BCUT2D eigenvalue weighted by molar-refractivity contribution is 0.0964. The van der Waals surface area contributed by atoms with Gasteiger partial charge in [-0.1, -0.05) is 27.2 Å². The number of hydrogen-bond donors (Lipinski definition) is 1. The summed E-state index contributed by atoms with van der Waals surface area (Å²) in [5.41, 5.74) is 0. The molecule has 0 aliphatic heterocycles. The zero-order valence-electron chi connectivity index (χ0n) is 10.7. The second-order valence-electron chi connectivity index (χ2n) is 3.71. The van der Waals surface area contributed by atoms with Crippen LogP contribution in [0, 0.1) is 0 Å². The quantitative estimate of drug-likeness (QED) is 0.646. The maximum atomic E-state index is 10.7. The summed E-state index contributed by atoms with van der Waals surface area (Å²) in [6.07, 6.45) is 3.33. The molecule has 1 N–H and O–H groups in total. The second kappa shape index (κ2) is 10.7. The highest BCUT2D eigenvalue weighted by atomic mass is 16.4. The minimum atomic E-state index is -0.169. The molecule has 0 spiro atoms. The van der Waals surface area contributed by atoms with Gasteiger partial charge in [-0.25, -0.2) is 0 Å². The molecule has 0 saturated carbocycles. The number of ketones is 2. The second-order valence-corrected chi connectivity index (χ2v) is 3.71. The van der Waals surface area contributed by atoms with Gasteiger partial charge in [0.25, 0.3) is 0 Å². The largest absolute Gasteiger partial charge is 0.450 e. The molecular weight excluding hydrogens is 232 g/mol. The number of aliphatic hydroxyl groups excluding tert-OH is 1. The van der Waals surface area contributed by atoms with E-state index < -0.39 is 0 Å². The molecule has 4 heteroatoms. The van der Waals surface area contributed by atoms with Crippen molar-refractivity contribution in [2.75, 3.05) is 6.61 Å². The molecule has 104 valence electrons. The summed E-state index contributed by atoms with van der Waals surface area (Å²) in [6, 6.07) is 3.00. The average Bonchev–Trinajstić information content (AvgIpc) is 2.76. The molecule has 0 aliphatic carbocycles. The lowest BCUT2D eigenvalue weighted by Gasteiger charge is -1.86. The Bertz CT molecular complexity index is 320. The molecule has 1 rings (SSSR count). The Morgan fingerprint density at radius 2 is 1.56 bits per heavy atom. The van der Waals surface area contributed by atoms with Gasteiger partial charge < -0.3 is 9.52 Å². The standard InChI is InChI=1S/C8H8O3.C5H12O.CH4/c1-5(9)7-3-4-8(11-7)6(2)10;1-2-3-4-5-6;/h3-4H,1-2H3;6H,2-5H2,1H3;1H4. The maximum Gasteiger partial charge on any atom is 0.194 e. The van der Waals surface area contributed by atoms with E-state index in [1.165, 1.54) is 32.4 Å². The van der Waals surface area contributed by atoms with Crippen LogP contribution in [0.25, 0.3) is 0 Å². The van der Waals surface area contributed by atoms with E-state index in [0.717, 1.165) is 12.8 Å². The van der Waals surface area contributed by atoms with Crippen LogP contribution in [-0.2, 0) is 0 Å². The Morgan fingerprint density at radius 3 is 1.72 bits per heavy atom. The molecule has 0 atom stereocenters. The summed E-state index contributed by atoms with van der Waals surface area (Å²) in [5.74, 6) is 0.125. The van der Waals surface area contributed by atoms with Crippen molar-refractivity contribution in [2.45, 2.75) is 47.5 Å². The van der Waals surface area contributed by atoms with Gasteiger partial charge in [0.05, 0.1) is 0 Å². The third-order valence-electron chi connectivity index (χ3n) is 2.06. The first-order valence-electron chi connectivity index (χ1n) is 5.75.